The molecule has 1 fully saturated rings. The number of carboxylic acids is 1. The molecule has 1 aromatic rings. The van der Waals surface area contributed by atoms with Crippen LogP contribution in [0.4, 0.5) is 5.69 Å². The van der Waals surface area contributed by atoms with E-state index < -0.39 is 12.0 Å². The van der Waals surface area contributed by atoms with Crippen LogP contribution < -0.4 is 4.90 Å². The zero-order valence-corrected chi connectivity index (χ0v) is 20.2. The highest BCUT2D eigenvalue weighted by molar-refractivity contribution is 7.15. The number of likely N-dealkylation sites (N-methyl/N-ethyl adjacent to an activating group) is 1. The lowest BCUT2D eigenvalue weighted by Gasteiger charge is -2.36. The molecule has 0 bridgehead atoms. The number of aromatic carboxylic acids is 1. The van der Waals surface area contributed by atoms with Crippen molar-refractivity contribution in [3.8, 4) is 11.8 Å². The third kappa shape index (κ3) is 6.10. The van der Waals surface area contributed by atoms with E-state index in [2.05, 4.69) is 18.8 Å². The van der Waals surface area contributed by atoms with Crippen LogP contribution in [0.3, 0.4) is 0 Å². The van der Waals surface area contributed by atoms with Crippen LogP contribution in [0.2, 0.25) is 0 Å². The number of carboxylic acid groups (broad SMARTS) is 1. The van der Waals surface area contributed by atoms with Gasteiger partial charge < -0.3 is 10.0 Å². The molecule has 0 aliphatic heterocycles. The van der Waals surface area contributed by atoms with Crippen LogP contribution in [0.25, 0.3) is 0 Å². The predicted molar refractivity (Wildman–Crippen MR) is 124 cm³/mol. The quantitative estimate of drug-likeness (QED) is 0.654. The average molecular weight is 447 g/mol. The minimum Gasteiger partial charge on any atom is -0.477 e. The van der Waals surface area contributed by atoms with E-state index in [0.717, 1.165) is 37.0 Å². The normalized spacial score (nSPS) is 19.3. The molecule has 1 heterocycles. The van der Waals surface area contributed by atoms with E-state index in [4.69, 9.17) is 0 Å². The molecule has 0 radical (unpaired) electrons. The highest BCUT2D eigenvalue weighted by Crippen LogP contribution is 2.36. The molecule has 0 unspecified atom stereocenters. The first-order chi connectivity index (χ1) is 14.6. The molecule has 0 spiro atoms. The molecule has 7 heteroatoms. The zero-order valence-electron chi connectivity index (χ0n) is 19.4. The Kier molecular flexibility index (Phi) is 8.69. The van der Waals surface area contributed by atoms with E-state index in [0.29, 0.717) is 17.2 Å². The summed E-state index contributed by atoms with van der Waals surface area (Å²) in [6.45, 7) is 7.95. The molecule has 1 N–H and O–H groups in total. The van der Waals surface area contributed by atoms with Crippen molar-refractivity contribution in [2.24, 2.45) is 17.8 Å². The Labute approximate surface area is 189 Å². The molecule has 1 aromatic heterocycles. The maximum absolute atomic E-state index is 13.7. The minimum atomic E-state index is -1.11. The molecule has 2 amide bonds. The minimum absolute atomic E-state index is 0.0515. The number of amides is 2. The van der Waals surface area contributed by atoms with E-state index in [-0.39, 0.29) is 34.2 Å². The lowest BCUT2D eigenvalue weighted by Crippen LogP contribution is -2.51. The molecule has 1 aliphatic carbocycles. The third-order valence-electron chi connectivity index (χ3n) is 5.68. The van der Waals surface area contributed by atoms with E-state index in [9.17, 15) is 19.5 Å². The van der Waals surface area contributed by atoms with Gasteiger partial charge in [-0.05, 0) is 44.1 Å². The maximum Gasteiger partial charge on any atom is 0.348 e. The Morgan fingerprint density at radius 3 is 2.29 bits per heavy atom. The largest absolute Gasteiger partial charge is 0.477 e. The third-order valence-corrected chi connectivity index (χ3v) is 6.70. The van der Waals surface area contributed by atoms with Gasteiger partial charge in [-0.15, -0.1) is 11.3 Å². The van der Waals surface area contributed by atoms with Gasteiger partial charge in [-0.2, -0.15) is 0 Å². The van der Waals surface area contributed by atoms with Gasteiger partial charge in [0.2, 0.25) is 11.8 Å². The molecule has 0 aromatic carbocycles. The van der Waals surface area contributed by atoms with E-state index in [1.54, 1.807) is 20.2 Å². The van der Waals surface area contributed by atoms with Crippen molar-refractivity contribution in [2.75, 3.05) is 19.0 Å². The van der Waals surface area contributed by atoms with Crippen LogP contribution in [0, 0.1) is 29.6 Å². The second-order valence-electron chi connectivity index (χ2n) is 8.88. The van der Waals surface area contributed by atoms with Gasteiger partial charge in [0.25, 0.3) is 0 Å². The monoisotopic (exact) mass is 446 g/mol. The summed E-state index contributed by atoms with van der Waals surface area (Å²) >= 11 is 1.06. The first-order valence-corrected chi connectivity index (χ1v) is 11.8. The van der Waals surface area contributed by atoms with Crippen LogP contribution in [0.5, 0.6) is 0 Å². The summed E-state index contributed by atoms with van der Waals surface area (Å²) in [5, 5.41) is 9.86. The van der Waals surface area contributed by atoms with E-state index in [1.807, 2.05) is 20.8 Å². The van der Waals surface area contributed by atoms with Gasteiger partial charge in [0.1, 0.15) is 10.9 Å². The lowest BCUT2D eigenvalue weighted by molar-refractivity contribution is -0.133. The van der Waals surface area contributed by atoms with Gasteiger partial charge in [-0.3, -0.25) is 14.5 Å². The molecule has 2 rings (SSSR count). The fourth-order valence-electron chi connectivity index (χ4n) is 3.90. The van der Waals surface area contributed by atoms with Crippen molar-refractivity contribution >= 4 is 34.8 Å². The summed E-state index contributed by atoms with van der Waals surface area (Å²) in [7, 11) is 3.31. The molecule has 31 heavy (non-hydrogen) atoms. The molecule has 0 saturated heterocycles. The van der Waals surface area contributed by atoms with E-state index >= 15 is 0 Å². The van der Waals surface area contributed by atoms with Crippen LogP contribution in [0.15, 0.2) is 6.07 Å². The summed E-state index contributed by atoms with van der Waals surface area (Å²) in [5.74, 6) is 5.11. The lowest BCUT2D eigenvalue weighted by atomic mass is 9.82. The SMILES string of the molecule is CC[C@H](C(=O)N(C)C)N(C(=O)C1CCC(C)CC1)c1cc(C#CC(C)C)sc1C(=O)O. The predicted octanol–water partition coefficient (Wildman–Crippen LogP) is 4.48. The number of thiophene rings is 1. The summed E-state index contributed by atoms with van der Waals surface area (Å²) in [4.78, 5) is 42.3. The van der Waals surface area contributed by atoms with Gasteiger partial charge >= 0.3 is 5.97 Å². The number of carbonyl (C=O) groups is 3. The van der Waals surface area contributed by atoms with Crippen LogP contribution >= 0.6 is 11.3 Å². The highest BCUT2D eigenvalue weighted by Gasteiger charge is 2.38. The topological polar surface area (TPSA) is 77.9 Å². The van der Waals surface area contributed by atoms with Gasteiger partial charge in [0.05, 0.1) is 10.6 Å². The molecular weight excluding hydrogens is 412 g/mol. The maximum atomic E-state index is 13.7. The Hall–Kier alpha value is -2.33. The molecule has 6 nitrogen and oxygen atoms in total. The Bertz CT molecular complexity index is 870. The second-order valence-corrected chi connectivity index (χ2v) is 9.93. The van der Waals surface area contributed by atoms with Crippen molar-refractivity contribution in [3.63, 3.8) is 0 Å². The number of carbonyl (C=O) groups excluding carboxylic acids is 2. The number of hydrogen-bond donors (Lipinski definition) is 1. The first kappa shape index (κ1) is 24.9. The van der Waals surface area contributed by atoms with Crippen molar-refractivity contribution in [1.82, 2.24) is 4.90 Å². The molecule has 170 valence electrons. The van der Waals surface area contributed by atoms with Crippen LogP contribution in [-0.2, 0) is 9.59 Å². The first-order valence-electron chi connectivity index (χ1n) is 11.0. The fourth-order valence-corrected chi connectivity index (χ4v) is 4.75. The van der Waals surface area contributed by atoms with Gasteiger partial charge in [-0.25, -0.2) is 4.79 Å². The highest BCUT2D eigenvalue weighted by atomic mass is 32.1. The zero-order chi connectivity index (χ0) is 23.3. The van der Waals surface area contributed by atoms with Gasteiger partial charge in [-0.1, -0.05) is 39.5 Å². The van der Waals surface area contributed by atoms with Crippen LogP contribution in [0.1, 0.15) is 74.3 Å². The van der Waals surface area contributed by atoms with Crippen molar-refractivity contribution in [3.05, 3.63) is 15.8 Å². The van der Waals surface area contributed by atoms with Crippen molar-refractivity contribution in [2.45, 2.75) is 65.8 Å². The van der Waals surface area contributed by atoms with Gasteiger partial charge in [0.15, 0.2) is 0 Å². The number of anilines is 1. The molecule has 1 saturated carbocycles. The Balaban J connectivity index is 2.59. The Morgan fingerprint density at radius 1 is 1.19 bits per heavy atom. The van der Waals surface area contributed by atoms with Gasteiger partial charge in [0, 0.05) is 25.9 Å². The summed E-state index contributed by atoms with van der Waals surface area (Å²) in [6.07, 6.45) is 3.84. The smallest absolute Gasteiger partial charge is 0.348 e. The number of hydrogen-bond acceptors (Lipinski definition) is 4. The molecule has 1 atom stereocenters. The van der Waals surface area contributed by atoms with Crippen molar-refractivity contribution in [1.29, 1.82) is 0 Å². The summed E-state index contributed by atoms with van der Waals surface area (Å²) < 4.78 is 0. The van der Waals surface area contributed by atoms with Crippen molar-refractivity contribution < 1.29 is 19.5 Å². The summed E-state index contributed by atoms with van der Waals surface area (Å²) in [6, 6.07) is 0.916. The number of rotatable bonds is 6. The van der Waals surface area contributed by atoms with Crippen LogP contribution in [-0.4, -0.2) is 47.9 Å². The molecular formula is C24H34N2O4S. The standard InChI is InChI=1S/C24H34N2O4S/c1-7-19(23(28)25(5)6)26(22(27)17-11-9-16(4)10-12-17)20-14-18(13-8-15(2)3)31-21(20)24(29)30/h14-17,19H,7,9-12H2,1-6H3,(H,29,30)/t16?,17?,19-/m1/s1. The van der Waals surface area contributed by atoms with E-state index in [1.165, 1.54) is 9.80 Å². The Morgan fingerprint density at radius 2 is 1.81 bits per heavy atom. The second kappa shape index (κ2) is 10.8. The fraction of sp³-hybridized carbons (Fsp3) is 0.625. The average Bonchev–Trinajstić information content (AvgIpc) is 3.14. The molecule has 1 aliphatic rings. The number of nitrogens with zero attached hydrogens (tertiary/aromatic N) is 2. The summed E-state index contributed by atoms with van der Waals surface area (Å²) in [5.41, 5.74) is 0.288.